The predicted molar refractivity (Wildman–Crippen MR) is 58.4 cm³/mol. The molecule has 4 heteroatoms. The summed E-state index contributed by atoms with van der Waals surface area (Å²) in [6.07, 6.45) is 0.693. The van der Waals surface area contributed by atoms with E-state index in [9.17, 15) is 4.39 Å². The van der Waals surface area contributed by atoms with Gasteiger partial charge in [0.2, 0.25) is 0 Å². The quantitative estimate of drug-likeness (QED) is 0.843. The molecule has 3 atom stereocenters. The summed E-state index contributed by atoms with van der Waals surface area (Å²) in [5.74, 6) is -0.236. The Morgan fingerprint density at radius 1 is 1.44 bits per heavy atom. The number of ether oxygens (including phenoxy) is 2. The van der Waals surface area contributed by atoms with Crippen LogP contribution in [0.4, 0.5) is 4.39 Å². The molecule has 0 aromatic heterocycles. The van der Waals surface area contributed by atoms with Crippen LogP contribution < -0.4 is 5.73 Å². The highest BCUT2D eigenvalue weighted by atomic mass is 19.1. The first-order valence-corrected chi connectivity index (χ1v) is 5.35. The van der Waals surface area contributed by atoms with E-state index in [1.54, 1.807) is 25.3 Å². The average molecular weight is 225 g/mol. The van der Waals surface area contributed by atoms with E-state index < -0.39 is 0 Å². The standard InChI is InChI=1S/C12H16FNO2/c1-15-12-10(14)6-11(12)16-7-8-4-2-3-5-9(8)13/h2-5,10-12H,6-7,14H2,1H3. The SMILES string of the molecule is COC1C(N)CC1OCc1ccccc1F. The van der Waals surface area contributed by atoms with Gasteiger partial charge < -0.3 is 15.2 Å². The van der Waals surface area contributed by atoms with Gasteiger partial charge in [-0.3, -0.25) is 0 Å². The first kappa shape index (κ1) is 11.5. The fourth-order valence-corrected chi connectivity index (χ4v) is 1.92. The number of methoxy groups -OCH3 is 1. The third-order valence-electron chi connectivity index (χ3n) is 2.98. The van der Waals surface area contributed by atoms with Gasteiger partial charge in [0.05, 0.1) is 18.8 Å². The van der Waals surface area contributed by atoms with Crippen molar-refractivity contribution in [1.29, 1.82) is 0 Å². The van der Waals surface area contributed by atoms with Crippen molar-refractivity contribution in [2.24, 2.45) is 5.73 Å². The smallest absolute Gasteiger partial charge is 0.128 e. The van der Waals surface area contributed by atoms with E-state index in [4.69, 9.17) is 15.2 Å². The van der Waals surface area contributed by atoms with E-state index in [-0.39, 0.29) is 30.7 Å². The third kappa shape index (κ3) is 2.24. The Hall–Kier alpha value is -0.970. The maximum absolute atomic E-state index is 13.3. The van der Waals surface area contributed by atoms with Crippen molar-refractivity contribution in [3.8, 4) is 0 Å². The van der Waals surface area contributed by atoms with Crippen molar-refractivity contribution >= 4 is 0 Å². The summed E-state index contributed by atoms with van der Waals surface area (Å²) in [5, 5.41) is 0. The normalized spacial score (nSPS) is 28.8. The molecule has 1 aromatic carbocycles. The summed E-state index contributed by atoms with van der Waals surface area (Å²) in [6.45, 7) is 0.268. The van der Waals surface area contributed by atoms with E-state index in [0.29, 0.717) is 5.56 Å². The molecule has 16 heavy (non-hydrogen) atoms. The van der Waals surface area contributed by atoms with Crippen LogP contribution in [0.2, 0.25) is 0 Å². The molecule has 2 rings (SSSR count). The molecule has 0 radical (unpaired) electrons. The highest BCUT2D eigenvalue weighted by molar-refractivity contribution is 5.16. The molecule has 1 fully saturated rings. The Bertz CT molecular complexity index is 359. The zero-order valence-corrected chi connectivity index (χ0v) is 9.23. The maximum atomic E-state index is 13.3. The van der Waals surface area contributed by atoms with Crippen molar-refractivity contribution in [3.63, 3.8) is 0 Å². The van der Waals surface area contributed by atoms with E-state index in [2.05, 4.69) is 0 Å². The minimum Gasteiger partial charge on any atom is -0.377 e. The van der Waals surface area contributed by atoms with Crippen molar-refractivity contribution in [2.75, 3.05) is 7.11 Å². The molecule has 0 spiro atoms. The Morgan fingerprint density at radius 2 is 2.19 bits per heavy atom. The monoisotopic (exact) mass is 225 g/mol. The fourth-order valence-electron chi connectivity index (χ4n) is 1.92. The molecule has 2 N–H and O–H groups in total. The van der Waals surface area contributed by atoms with Crippen molar-refractivity contribution in [2.45, 2.75) is 31.3 Å². The lowest BCUT2D eigenvalue weighted by Crippen LogP contribution is -2.57. The Labute approximate surface area is 94.3 Å². The lowest BCUT2D eigenvalue weighted by Gasteiger charge is -2.40. The number of benzene rings is 1. The summed E-state index contributed by atoms with van der Waals surface area (Å²) in [6, 6.07) is 6.64. The second-order valence-corrected chi connectivity index (χ2v) is 4.04. The van der Waals surface area contributed by atoms with Gasteiger partial charge in [0.15, 0.2) is 0 Å². The number of hydrogen-bond donors (Lipinski definition) is 1. The van der Waals surface area contributed by atoms with Crippen LogP contribution >= 0.6 is 0 Å². The molecule has 0 heterocycles. The van der Waals surface area contributed by atoms with E-state index in [0.717, 1.165) is 6.42 Å². The Kier molecular flexibility index (Phi) is 3.53. The van der Waals surface area contributed by atoms with E-state index in [1.165, 1.54) is 6.07 Å². The minimum atomic E-state index is -0.236. The van der Waals surface area contributed by atoms with Gasteiger partial charge in [-0.05, 0) is 12.5 Å². The van der Waals surface area contributed by atoms with Crippen LogP contribution in [-0.2, 0) is 16.1 Å². The molecular formula is C12H16FNO2. The molecule has 1 aromatic rings. The van der Waals surface area contributed by atoms with Crippen molar-refractivity contribution in [1.82, 2.24) is 0 Å². The summed E-state index contributed by atoms with van der Waals surface area (Å²) in [4.78, 5) is 0. The van der Waals surface area contributed by atoms with E-state index >= 15 is 0 Å². The van der Waals surface area contributed by atoms with Crippen LogP contribution in [0.15, 0.2) is 24.3 Å². The largest absolute Gasteiger partial charge is 0.377 e. The molecule has 0 amide bonds. The van der Waals surface area contributed by atoms with Crippen LogP contribution in [0.25, 0.3) is 0 Å². The molecule has 0 bridgehead atoms. The number of halogens is 1. The van der Waals surface area contributed by atoms with Gasteiger partial charge in [0.25, 0.3) is 0 Å². The lowest BCUT2D eigenvalue weighted by atomic mass is 9.86. The summed E-state index contributed by atoms with van der Waals surface area (Å²) in [5.41, 5.74) is 6.31. The molecule has 1 aliphatic rings. The highest BCUT2D eigenvalue weighted by Crippen LogP contribution is 2.26. The second-order valence-electron chi connectivity index (χ2n) is 4.04. The lowest BCUT2D eigenvalue weighted by molar-refractivity contribution is -0.131. The zero-order chi connectivity index (χ0) is 11.5. The molecule has 1 saturated carbocycles. The first-order chi connectivity index (χ1) is 7.72. The fraction of sp³-hybridized carbons (Fsp3) is 0.500. The predicted octanol–water partition coefficient (Wildman–Crippen LogP) is 1.46. The van der Waals surface area contributed by atoms with Crippen molar-refractivity contribution in [3.05, 3.63) is 35.6 Å². The number of rotatable bonds is 4. The Balaban J connectivity index is 1.87. The number of nitrogens with two attached hydrogens (primary N) is 1. The van der Waals surface area contributed by atoms with Gasteiger partial charge in [-0.25, -0.2) is 4.39 Å². The molecule has 0 saturated heterocycles. The van der Waals surface area contributed by atoms with Gasteiger partial charge in [0.1, 0.15) is 5.82 Å². The molecule has 3 unspecified atom stereocenters. The van der Waals surface area contributed by atoms with Crippen LogP contribution in [0.5, 0.6) is 0 Å². The van der Waals surface area contributed by atoms with Crippen LogP contribution in [0.3, 0.4) is 0 Å². The Morgan fingerprint density at radius 3 is 2.81 bits per heavy atom. The van der Waals surface area contributed by atoms with Crippen LogP contribution in [0.1, 0.15) is 12.0 Å². The summed E-state index contributed by atoms with van der Waals surface area (Å²) >= 11 is 0. The first-order valence-electron chi connectivity index (χ1n) is 5.35. The third-order valence-corrected chi connectivity index (χ3v) is 2.98. The zero-order valence-electron chi connectivity index (χ0n) is 9.23. The van der Waals surface area contributed by atoms with Gasteiger partial charge in [0, 0.05) is 18.7 Å². The minimum absolute atomic E-state index is 0.0143. The van der Waals surface area contributed by atoms with Crippen LogP contribution in [0, 0.1) is 5.82 Å². The van der Waals surface area contributed by atoms with Gasteiger partial charge in [-0.15, -0.1) is 0 Å². The maximum Gasteiger partial charge on any atom is 0.128 e. The molecule has 0 aliphatic heterocycles. The number of hydrogen-bond acceptors (Lipinski definition) is 3. The van der Waals surface area contributed by atoms with Gasteiger partial charge in [-0.1, -0.05) is 18.2 Å². The molecule has 1 aliphatic carbocycles. The van der Waals surface area contributed by atoms with Crippen LogP contribution in [-0.4, -0.2) is 25.4 Å². The summed E-state index contributed by atoms with van der Waals surface area (Å²) < 4.78 is 24.0. The van der Waals surface area contributed by atoms with Gasteiger partial charge in [-0.2, -0.15) is 0 Å². The topological polar surface area (TPSA) is 44.5 Å². The van der Waals surface area contributed by atoms with Gasteiger partial charge >= 0.3 is 0 Å². The van der Waals surface area contributed by atoms with Crippen molar-refractivity contribution < 1.29 is 13.9 Å². The second kappa shape index (κ2) is 4.91. The molecular weight excluding hydrogens is 209 g/mol. The highest BCUT2D eigenvalue weighted by Gasteiger charge is 2.39. The molecule has 88 valence electrons. The average Bonchev–Trinajstić information content (AvgIpc) is 2.26. The summed E-state index contributed by atoms with van der Waals surface area (Å²) in [7, 11) is 1.61. The van der Waals surface area contributed by atoms with E-state index in [1.807, 2.05) is 0 Å². The molecule has 3 nitrogen and oxygen atoms in total.